The van der Waals surface area contributed by atoms with Crippen LogP contribution in [0.2, 0.25) is 0 Å². The lowest BCUT2D eigenvalue weighted by Gasteiger charge is -2.34. The van der Waals surface area contributed by atoms with Crippen LogP contribution in [0, 0.1) is 6.92 Å². The molecule has 0 radical (unpaired) electrons. The quantitative estimate of drug-likeness (QED) is 0.829. The Morgan fingerprint density at radius 2 is 2.23 bits per heavy atom. The van der Waals surface area contributed by atoms with Gasteiger partial charge in [0.1, 0.15) is 11.6 Å². The van der Waals surface area contributed by atoms with Gasteiger partial charge in [0, 0.05) is 44.5 Å². The normalized spacial score (nSPS) is 17.3. The molecule has 140 valence electrons. The highest BCUT2D eigenvalue weighted by atomic mass is 16.5. The van der Waals surface area contributed by atoms with E-state index in [0.717, 1.165) is 55.4 Å². The molecular formula is C18H26N6O2. The van der Waals surface area contributed by atoms with Gasteiger partial charge in [-0.15, -0.1) is 0 Å². The molecule has 2 aromatic heterocycles. The van der Waals surface area contributed by atoms with Gasteiger partial charge in [-0.2, -0.15) is 5.10 Å². The summed E-state index contributed by atoms with van der Waals surface area (Å²) in [5.41, 5.74) is 1.88. The van der Waals surface area contributed by atoms with Gasteiger partial charge in [0.2, 0.25) is 0 Å². The minimum Gasteiger partial charge on any atom is -0.374 e. The molecule has 0 spiro atoms. The number of anilines is 2. The maximum atomic E-state index is 11.8. The number of rotatable bonds is 6. The van der Waals surface area contributed by atoms with Crippen LogP contribution in [0.3, 0.4) is 0 Å². The Morgan fingerprint density at radius 3 is 3.00 bits per heavy atom. The van der Waals surface area contributed by atoms with Crippen LogP contribution in [0.15, 0.2) is 23.3 Å². The van der Waals surface area contributed by atoms with Crippen LogP contribution in [-0.4, -0.2) is 52.1 Å². The molecule has 1 atom stereocenters. The molecule has 1 unspecified atom stereocenters. The minimum atomic E-state index is -0.0987. The summed E-state index contributed by atoms with van der Waals surface area (Å²) in [5.74, 6) is 1.67. The summed E-state index contributed by atoms with van der Waals surface area (Å²) in [4.78, 5) is 22.7. The molecule has 1 saturated heterocycles. The van der Waals surface area contributed by atoms with E-state index in [2.05, 4.69) is 32.2 Å². The van der Waals surface area contributed by atoms with Crippen molar-refractivity contribution in [3.05, 3.63) is 40.2 Å². The van der Waals surface area contributed by atoms with Crippen molar-refractivity contribution in [1.82, 2.24) is 19.7 Å². The molecule has 3 heterocycles. The molecule has 0 bridgehead atoms. The zero-order chi connectivity index (χ0) is 18.5. The molecule has 8 heteroatoms. The summed E-state index contributed by atoms with van der Waals surface area (Å²) in [7, 11) is 1.65. The summed E-state index contributed by atoms with van der Waals surface area (Å²) in [6.07, 6.45) is 5.48. The van der Waals surface area contributed by atoms with E-state index in [0.29, 0.717) is 6.61 Å². The lowest BCUT2D eigenvalue weighted by molar-refractivity contribution is 0.0374. The van der Waals surface area contributed by atoms with Crippen molar-refractivity contribution in [2.75, 3.05) is 36.5 Å². The van der Waals surface area contributed by atoms with E-state index < -0.39 is 0 Å². The number of nitrogens with one attached hydrogen (secondary N) is 1. The number of hydrogen-bond donors (Lipinski definition) is 1. The lowest BCUT2D eigenvalue weighted by atomic mass is 10.2. The molecule has 0 saturated carbocycles. The molecule has 2 aromatic rings. The lowest BCUT2D eigenvalue weighted by Crippen LogP contribution is -2.43. The standard InChI is InChI=1S/C18H26N6O2/c1-4-14-10-20-13(2)22-18(14)19-6-5-16-12-24(7-8-26-16)15-9-17(25)23(3)21-11-15/h9-11,16H,4-8,12H2,1-3H3,(H,19,20,22). The summed E-state index contributed by atoms with van der Waals surface area (Å²) in [5, 5.41) is 7.51. The third-order valence-electron chi connectivity index (χ3n) is 4.58. The molecular weight excluding hydrogens is 332 g/mol. The molecule has 1 aliphatic rings. The molecule has 3 rings (SSSR count). The SMILES string of the molecule is CCc1cnc(C)nc1NCCC1CN(c2cnn(C)c(=O)c2)CCO1. The fourth-order valence-corrected chi connectivity index (χ4v) is 3.02. The van der Waals surface area contributed by atoms with Crippen molar-refractivity contribution >= 4 is 11.5 Å². The Bertz CT molecular complexity index is 807. The largest absolute Gasteiger partial charge is 0.374 e. The second kappa shape index (κ2) is 8.27. The average Bonchev–Trinajstić information content (AvgIpc) is 2.64. The molecule has 0 aromatic carbocycles. The summed E-state index contributed by atoms with van der Waals surface area (Å²) in [6, 6.07) is 1.63. The van der Waals surface area contributed by atoms with Crippen molar-refractivity contribution in [2.45, 2.75) is 32.8 Å². The Morgan fingerprint density at radius 1 is 1.38 bits per heavy atom. The Kier molecular flexibility index (Phi) is 5.82. The topological polar surface area (TPSA) is 85.2 Å². The smallest absolute Gasteiger partial charge is 0.268 e. The van der Waals surface area contributed by atoms with E-state index in [1.807, 2.05) is 13.1 Å². The van der Waals surface area contributed by atoms with E-state index in [-0.39, 0.29) is 11.7 Å². The summed E-state index contributed by atoms with van der Waals surface area (Å²) >= 11 is 0. The van der Waals surface area contributed by atoms with E-state index in [1.165, 1.54) is 4.68 Å². The van der Waals surface area contributed by atoms with E-state index in [9.17, 15) is 4.79 Å². The first-order chi connectivity index (χ1) is 12.6. The zero-order valence-corrected chi connectivity index (χ0v) is 15.6. The van der Waals surface area contributed by atoms with Crippen LogP contribution in [0.5, 0.6) is 0 Å². The number of nitrogens with zero attached hydrogens (tertiary/aromatic N) is 5. The zero-order valence-electron chi connectivity index (χ0n) is 15.6. The third kappa shape index (κ3) is 4.37. The van der Waals surface area contributed by atoms with Gasteiger partial charge in [0.05, 0.1) is 24.6 Å². The van der Waals surface area contributed by atoms with Crippen LogP contribution in [0.4, 0.5) is 11.5 Å². The van der Waals surface area contributed by atoms with Gasteiger partial charge in [0.25, 0.3) is 5.56 Å². The van der Waals surface area contributed by atoms with Crippen molar-refractivity contribution in [3.8, 4) is 0 Å². The predicted molar refractivity (Wildman–Crippen MR) is 101 cm³/mol. The number of ether oxygens (including phenoxy) is 1. The van der Waals surface area contributed by atoms with Gasteiger partial charge >= 0.3 is 0 Å². The highest BCUT2D eigenvalue weighted by Crippen LogP contribution is 2.17. The molecule has 8 nitrogen and oxygen atoms in total. The second-order valence-corrected chi connectivity index (χ2v) is 6.47. The van der Waals surface area contributed by atoms with Crippen LogP contribution < -0.4 is 15.8 Å². The number of aryl methyl sites for hydroxylation is 3. The van der Waals surface area contributed by atoms with Crippen LogP contribution in [0.1, 0.15) is 24.7 Å². The van der Waals surface area contributed by atoms with Gasteiger partial charge in [-0.3, -0.25) is 4.79 Å². The highest BCUT2D eigenvalue weighted by Gasteiger charge is 2.21. The monoisotopic (exact) mass is 358 g/mol. The Balaban J connectivity index is 1.56. The number of aromatic nitrogens is 4. The average molecular weight is 358 g/mol. The van der Waals surface area contributed by atoms with Gasteiger partial charge in [-0.05, 0) is 19.8 Å². The van der Waals surface area contributed by atoms with Crippen molar-refractivity contribution < 1.29 is 4.74 Å². The Hall–Kier alpha value is -2.48. The molecule has 26 heavy (non-hydrogen) atoms. The van der Waals surface area contributed by atoms with E-state index in [4.69, 9.17) is 4.74 Å². The van der Waals surface area contributed by atoms with E-state index >= 15 is 0 Å². The van der Waals surface area contributed by atoms with Gasteiger partial charge in [-0.1, -0.05) is 6.92 Å². The first kappa shape index (κ1) is 18.3. The van der Waals surface area contributed by atoms with Gasteiger partial charge in [0.15, 0.2) is 0 Å². The fraction of sp³-hybridized carbons (Fsp3) is 0.556. The van der Waals surface area contributed by atoms with Gasteiger partial charge in [-0.25, -0.2) is 14.6 Å². The molecule has 0 aliphatic carbocycles. The van der Waals surface area contributed by atoms with Crippen LogP contribution in [0.25, 0.3) is 0 Å². The highest BCUT2D eigenvalue weighted by molar-refractivity contribution is 5.44. The van der Waals surface area contributed by atoms with Crippen molar-refractivity contribution in [2.24, 2.45) is 7.05 Å². The molecule has 1 aliphatic heterocycles. The van der Waals surface area contributed by atoms with Gasteiger partial charge < -0.3 is 15.0 Å². The Labute approximate surface area is 153 Å². The maximum Gasteiger partial charge on any atom is 0.268 e. The van der Waals surface area contributed by atoms with E-state index in [1.54, 1.807) is 19.3 Å². The summed E-state index contributed by atoms with van der Waals surface area (Å²) < 4.78 is 7.22. The minimum absolute atomic E-state index is 0.0987. The first-order valence-corrected chi connectivity index (χ1v) is 9.03. The van der Waals surface area contributed by atoms with Crippen molar-refractivity contribution in [1.29, 1.82) is 0 Å². The summed E-state index contributed by atoms with van der Waals surface area (Å²) in [6.45, 7) is 6.93. The molecule has 0 amide bonds. The second-order valence-electron chi connectivity index (χ2n) is 6.47. The maximum absolute atomic E-state index is 11.8. The predicted octanol–water partition coefficient (Wildman–Crippen LogP) is 1.15. The molecule has 1 fully saturated rings. The van der Waals surface area contributed by atoms with Crippen LogP contribution >= 0.6 is 0 Å². The third-order valence-corrected chi connectivity index (χ3v) is 4.58. The number of hydrogen-bond acceptors (Lipinski definition) is 7. The number of morpholine rings is 1. The van der Waals surface area contributed by atoms with Crippen LogP contribution in [-0.2, 0) is 18.2 Å². The fourth-order valence-electron chi connectivity index (χ4n) is 3.02. The van der Waals surface area contributed by atoms with Crippen molar-refractivity contribution in [3.63, 3.8) is 0 Å². The first-order valence-electron chi connectivity index (χ1n) is 9.03. The molecule has 1 N–H and O–H groups in total.